The number of ether oxygens (including phenoxy) is 2. The van der Waals surface area contributed by atoms with E-state index in [1.807, 2.05) is 54.6 Å². The van der Waals surface area contributed by atoms with E-state index in [4.69, 9.17) is 9.47 Å². The molecular formula is C26H22O5. The third-order valence-electron chi connectivity index (χ3n) is 4.33. The van der Waals surface area contributed by atoms with Gasteiger partial charge in [0.05, 0.1) is 13.5 Å². The van der Waals surface area contributed by atoms with Gasteiger partial charge in [-0.05, 0) is 59.7 Å². The number of allylic oxidation sites excluding steroid dienone is 2. The highest BCUT2D eigenvalue weighted by molar-refractivity contribution is 6.10. The molecule has 0 spiro atoms. The van der Waals surface area contributed by atoms with Crippen LogP contribution in [0.4, 0.5) is 0 Å². The Morgan fingerprint density at radius 1 is 0.806 bits per heavy atom. The molecule has 0 aromatic heterocycles. The topological polar surface area (TPSA) is 72.8 Å². The first-order valence-electron chi connectivity index (χ1n) is 9.65. The second-order valence-corrected chi connectivity index (χ2v) is 6.69. The van der Waals surface area contributed by atoms with Crippen molar-refractivity contribution in [1.29, 1.82) is 0 Å². The Morgan fingerprint density at radius 2 is 1.39 bits per heavy atom. The Labute approximate surface area is 180 Å². The number of aromatic hydroxyl groups is 1. The Hall–Kier alpha value is -4.12. The molecule has 0 saturated carbocycles. The second-order valence-electron chi connectivity index (χ2n) is 6.69. The first kappa shape index (κ1) is 21.6. The van der Waals surface area contributed by atoms with Crippen LogP contribution in [0.25, 0.3) is 12.2 Å². The number of phenolic OH excluding ortho intramolecular Hbond substituents is 1. The maximum Gasteiger partial charge on any atom is 0.163 e. The zero-order valence-corrected chi connectivity index (χ0v) is 17.0. The lowest BCUT2D eigenvalue weighted by atomic mass is 10.1. The molecule has 3 aromatic rings. The van der Waals surface area contributed by atoms with Crippen LogP contribution in [0.3, 0.4) is 0 Å². The maximum atomic E-state index is 12.1. The fourth-order valence-electron chi connectivity index (χ4n) is 2.75. The summed E-state index contributed by atoms with van der Waals surface area (Å²) in [6.45, 7) is 0. The number of methoxy groups -OCH3 is 1. The molecule has 1 N–H and O–H groups in total. The third kappa shape index (κ3) is 6.72. The first-order chi connectivity index (χ1) is 15.0. The molecule has 5 heteroatoms. The molecule has 31 heavy (non-hydrogen) atoms. The van der Waals surface area contributed by atoms with Gasteiger partial charge in [-0.1, -0.05) is 48.6 Å². The molecule has 0 radical (unpaired) electrons. The highest BCUT2D eigenvalue weighted by Crippen LogP contribution is 2.26. The van der Waals surface area contributed by atoms with Gasteiger partial charge in [0, 0.05) is 0 Å². The van der Waals surface area contributed by atoms with E-state index in [1.54, 1.807) is 24.3 Å². The van der Waals surface area contributed by atoms with E-state index in [-0.39, 0.29) is 23.7 Å². The van der Waals surface area contributed by atoms with Gasteiger partial charge < -0.3 is 14.6 Å². The number of ketones is 2. The number of benzene rings is 3. The van der Waals surface area contributed by atoms with E-state index >= 15 is 0 Å². The van der Waals surface area contributed by atoms with Gasteiger partial charge in [-0.25, -0.2) is 0 Å². The Kier molecular flexibility index (Phi) is 7.38. The molecule has 5 nitrogen and oxygen atoms in total. The van der Waals surface area contributed by atoms with Crippen LogP contribution in [0.1, 0.15) is 17.5 Å². The van der Waals surface area contributed by atoms with Gasteiger partial charge >= 0.3 is 0 Å². The number of para-hydroxylation sites is 1. The number of hydrogen-bond donors (Lipinski definition) is 1. The minimum absolute atomic E-state index is 0.0173. The number of carbonyl (C=O) groups excluding carboxylic acids is 2. The highest BCUT2D eigenvalue weighted by Gasteiger charge is 2.05. The third-order valence-corrected chi connectivity index (χ3v) is 4.33. The standard InChI is InChI=1S/C26H22O5/c1-30-26-16-11-20(17-25(26)29)8-13-22(28)18-21(27)12-7-19-9-14-24(15-10-19)31-23-5-3-2-4-6-23/h2-17,29H,18H2,1H3/b12-7+,13-8+. The molecule has 0 aliphatic carbocycles. The summed E-state index contributed by atoms with van der Waals surface area (Å²) in [5.74, 6) is 1.16. The Morgan fingerprint density at radius 3 is 2.00 bits per heavy atom. The first-order valence-corrected chi connectivity index (χ1v) is 9.65. The second kappa shape index (κ2) is 10.6. The number of rotatable bonds is 9. The molecule has 156 valence electrons. The molecule has 0 amide bonds. The normalized spacial score (nSPS) is 11.0. The fourth-order valence-corrected chi connectivity index (χ4v) is 2.75. The summed E-state index contributed by atoms with van der Waals surface area (Å²) >= 11 is 0. The largest absolute Gasteiger partial charge is 0.504 e. The summed E-state index contributed by atoms with van der Waals surface area (Å²) in [6, 6.07) is 21.5. The zero-order chi connectivity index (χ0) is 22.1. The van der Waals surface area contributed by atoms with Gasteiger partial charge in [-0.15, -0.1) is 0 Å². The van der Waals surface area contributed by atoms with Gasteiger partial charge in [0.25, 0.3) is 0 Å². The van der Waals surface area contributed by atoms with Gasteiger partial charge in [0.2, 0.25) is 0 Å². The maximum absolute atomic E-state index is 12.1. The fraction of sp³-hybridized carbons (Fsp3) is 0.0769. The van der Waals surface area contributed by atoms with E-state index < -0.39 is 0 Å². The van der Waals surface area contributed by atoms with Gasteiger partial charge in [-0.2, -0.15) is 0 Å². The predicted molar refractivity (Wildman–Crippen MR) is 120 cm³/mol. The molecule has 0 bridgehead atoms. The van der Waals surface area contributed by atoms with E-state index in [9.17, 15) is 14.7 Å². The summed E-state index contributed by atoms with van der Waals surface area (Å²) in [5, 5.41) is 9.76. The van der Waals surface area contributed by atoms with Crippen molar-refractivity contribution in [2.24, 2.45) is 0 Å². The minimum Gasteiger partial charge on any atom is -0.504 e. The summed E-state index contributed by atoms with van der Waals surface area (Å²) in [4.78, 5) is 24.1. The molecule has 0 aliphatic rings. The van der Waals surface area contributed by atoms with Crippen molar-refractivity contribution < 1.29 is 24.2 Å². The molecule has 0 atom stereocenters. The number of phenols is 1. The van der Waals surface area contributed by atoms with Crippen molar-refractivity contribution in [3.8, 4) is 23.0 Å². The molecule has 0 unspecified atom stereocenters. The average Bonchev–Trinajstić information content (AvgIpc) is 2.78. The Balaban J connectivity index is 1.51. The van der Waals surface area contributed by atoms with Gasteiger partial charge in [-0.3, -0.25) is 9.59 Å². The van der Waals surface area contributed by atoms with Gasteiger partial charge in [0.15, 0.2) is 23.1 Å². The van der Waals surface area contributed by atoms with E-state index in [1.165, 1.54) is 25.3 Å². The van der Waals surface area contributed by atoms with Crippen LogP contribution in [0, 0.1) is 0 Å². The van der Waals surface area contributed by atoms with Crippen molar-refractivity contribution >= 4 is 23.7 Å². The molecule has 3 aromatic carbocycles. The lowest BCUT2D eigenvalue weighted by Gasteiger charge is -2.05. The van der Waals surface area contributed by atoms with Crippen molar-refractivity contribution in [3.05, 3.63) is 96.1 Å². The van der Waals surface area contributed by atoms with Crippen LogP contribution in [0.5, 0.6) is 23.0 Å². The molecule has 0 saturated heterocycles. The smallest absolute Gasteiger partial charge is 0.163 e. The lowest BCUT2D eigenvalue weighted by molar-refractivity contribution is -0.121. The van der Waals surface area contributed by atoms with Gasteiger partial charge in [0.1, 0.15) is 11.5 Å². The van der Waals surface area contributed by atoms with Crippen molar-refractivity contribution in [2.75, 3.05) is 7.11 Å². The van der Waals surface area contributed by atoms with Crippen LogP contribution < -0.4 is 9.47 Å². The monoisotopic (exact) mass is 414 g/mol. The minimum atomic E-state index is -0.323. The lowest BCUT2D eigenvalue weighted by Crippen LogP contribution is -2.01. The zero-order valence-electron chi connectivity index (χ0n) is 17.0. The van der Waals surface area contributed by atoms with Crippen LogP contribution in [-0.4, -0.2) is 23.8 Å². The van der Waals surface area contributed by atoms with Crippen molar-refractivity contribution in [3.63, 3.8) is 0 Å². The van der Waals surface area contributed by atoms with Crippen LogP contribution in [0.2, 0.25) is 0 Å². The molecule has 3 rings (SSSR count). The number of carbonyl (C=O) groups is 2. The summed E-state index contributed by atoms with van der Waals surface area (Å²) < 4.78 is 10.7. The van der Waals surface area contributed by atoms with Crippen molar-refractivity contribution in [1.82, 2.24) is 0 Å². The molecule has 0 heterocycles. The quantitative estimate of drug-likeness (QED) is 0.372. The Bertz CT molecular complexity index is 1100. The van der Waals surface area contributed by atoms with Crippen LogP contribution in [0.15, 0.2) is 84.9 Å². The SMILES string of the molecule is COc1ccc(/C=C/C(=O)CC(=O)/C=C/c2ccc(Oc3ccccc3)cc2)cc1O. The van der Waals surface area contributed by atoms with Crippen LogP contribution >= 0.6 is 0 Å². The van der Waals surface area contributed by atoms with Crippen molar-refractivity contribution in [2.45, 2.75) is 6.42 Å². The van der Waals surface area contributed by atoms with E-state index in [2.05, 4.69) is 0 Å². The van der Waals surface area contributed by atoms with E-state index in [0.29, 0.717) is 17.1 Å². The predicted octanol–water partition coefficient (Wildman–Crippen LogP) is 5.45. The summed E-state index contributed by atoms with van der Waals surface area (Å²) in [5.41, 5.74) is 1.46. The highest BCUT2D eigenvalue weighted by atomic mass is 16.5. The average molecular weight is 414 g/mol. The molecule has 0 aliphatic heterocycles. The summed E-state index contributed by atoms with van der Waals surface area (Å²) in [6.07, 6.45) is 5.68. The molecular weight excluding hydrogens is 392 g/mol. The molecule has 0 fully saturated rings. The number of hydrogen-bond acceptors (Lipinski definition) is 5. The van der Waals surface area contributed by atoms with E-state index in [0.717, 1.165) is 11.3 Å². The summed E-state index contributed by atoms with van der Waals surface area (Å²) in [7, 11) is 1.46. The van der Waals surface area contributed by atoms with Crippen LogP contribution in [-0.2, 0) is 9.59 Å².